The summed E-state index contributed by atoms with van der Waals surface area (Å²) in [5.74, 6) is -1.36. The SMILES string of the molecule is CC[C@H](CNC(=O)[C@@H](C)OC(=O)c1ccc(N2C(=O)CCC2=O)cc1)c1ccccc1. The minimum atomic E-state index is -0.956. The van der Waals surface area contributed by atoms with Crippen molar-refractivity contribution in [3.63, 3.8) is 0 Å². The van der Waals surface area contributed by atoms with E-state index in [0.717, 1.165) is 16.9 Å². The molecule has 0 unspecified atom stereocenters. The van der Waals surface area contributed by atoms with E-state index in [4.69, 9.17) is 4.74 Å². The highest BCUT2D eigenvalue weighted by Gasteiger charge is 2.30. The molecule has 0 radical (unpaired) electrons. The van der Waals surface area contributed by atoms with Gasteiger partial charge in [-0.25, -0.2) is 4.79 Å². The molecule has 0 saturated carbocycles. The zero-order chi connectivity index (χ0) is 22.4. The zero-order valence-electron chi connectivity index (χ0n) is 17.7. The maximum atomic E-state index is 12.4. The third kappa shape index (κ3) is 5.36. The second-order valence-corrected chi connectivity index (χ2v) is 7.48. The van der Waals surface area contributed by atoms with Crippen LogP contribution in [0.4, 0.5) is 5.69 Å². The van der Waals surface area contributed by atoms with E-state index >= 15 is 0 Å². The molecule has 1 fully saturated rings. The van der Waals surface area contributed by atoms with Crippen LogP contribution in [-0.2, 0) is 19.1 Å². The Morgan fingerprint density at radius 3 is 2.19 bits per heavy atom. The summed E-state index contributed by atoms with van der Waals surface area (Å²) < 4.78 is 5.28. The van der Waals surface area contributed by atoms with Crippen LogP contribution >= 0.6 is 0 Å². The summed E-state index contributed by atoms with van der Waals surface area (Å²) in [6.45, 7) is 4.03. The zero-order valence-corrected chi connectivity index (χ0v) is 17.7. The van der Waals surface area contributed by atoms with E-state index in [1.165, 1.54) is 31.2 Å². The first kappa shape index (κ1) is 22.2. The molecule has 2 atom stereocenters. The Balaban J connectivity index is 1.54. The number of anilines is 1. The number of ether oxygens (including phenoxy) is 1. The molecule has 0 bridgehead atoms. The molecule has 2 aromatic rings. The van der Waals surface area contributed by atoms with Crippen LogP contribution in [0, 0.1) is 0 Å². The molecule has 2 aromatic carbocycles. The molecule has 162 valence electrons. The molecule has 1 aliphatic rings. The van der Waals surface area contributed by atoms with Crippen LogP contribution in [0.5, 0.6) is 0 Å². The van der Waals surface area contributed by atoms with Gasteiger partial charge in [-0.15, -0.1) is 0 Å². The molecule has 3 rings (SSSR count). The molecule has 1 saturated heterocycles. The summed E-state index contributed by atoms with van der Waals surface area (Å²) in [6, 6.07) is 15.9. The minimum absolute atomic E-state index is 0.177. The molecule has 0 aliphatic carbocycles. The van der Waals surface area contributed by atoms with E-state index in [-0.39, 0.29) is 42.0 Å². The maximum Gasteiger partial charge on any atom is 0.338 e. The average molecular weight is 422 g/mol. The van der Waals surface area contributed by atoms with E-state index in [0.29, 0.717) is 12.2 Å². The number of amides is 3. The maximum absolute atomic E-state index is 12.4. The summed E-state index contributed by atoms with van der Waals surface area (Å²) in [4.78, 5) is 49.5. The van der Waals surface area contributed by atoms with Gasteiger partial charge in [0.1, 0.15) is 0 Å². The second-order valence-electron chi connectivity index (χ2n) is 7.48. The van der Waals surface area contributed by atoms with Crippen molar-refractivity contribution in [2.45, 2.75) is 45.1 Å². The van der Waals surface area contributed by atoms with Gasteiger partial charge in [-0.3, -0.25) is 19.3 Å². The van der Waals surface area contributed by atoms with Gasteiger partial charge in [0, 0.05) is 25.3 Å². The van der Waals surface area contributed by atoms with Crippen LogP contribution in [-0.4, -0.2) is 36.3 Å². The summed E-state index contributed by atoms with van der Waals surface area (Å²) in [5, 5.41) is 2.85. The van der Waals surface area contributed by atoms with Crippen LogP contribution in [0.2, 0.25) is 0 Å². The normalized spacial score (nSPS) is 15.5. The second kappa shape index (κ2) is 10.0. The molecule has 31 heavy (non-hydrogen) atoms. The summed E-state index contributed by atoms with van der Waals surface area (Å²) in [6.07, 6.45) is 0.297. The molecular formula is C24H26N2O5. The number of esters is 1. The van der Waals surface area contributed by atoms with Crippen molar-refractivity contribution >= 4 is 29.4 Å². The summed E-state index contributed by atoms with van der Waals surface area (Å²) >= 11 is 0. The molecule has 0 spiro atoms. The monoisotopic (exact) mass is 422 g/mol. The number of hydrogen-bond acceptors (Lipinski definition) is 5. The number of imide groups is 1. The fourth-order valence-electron chi connectivity index (χ4n) is 3.48. The number of nitrogens with one attached hydrogen (secondary N) is 1. The first-order chi connectivity index (χ1) is 14.9. The first-order valence-electron chi connectivity index (χ1n) is 10.4. The smallest absolute Gasteiger partial charge is 0.338 e. The lowest BCUT2D eigenvalue weighted by molar-refractivity contribution is -0.129. The standard InChI is InChI=1S/C24H26N2O5/c1-3-17(18-7-5-4-6-8-18)15-25-23(29)16(2)31-24(30)19-9-11-20(12-10-19)26-21(27)13-14-22(26)28/h4-12,16-17H,3,13-15H2,1-2H3,(H,25,29)/t16-,17-/m1/s1. The van der Waals surface area contributed by atoms with Crippen molar-refractivity contribution < 1.29 is 23.9 Å². The Labute approximate surface area is 181 Å². The molecule has 0 aromatic heterocycles. The third-order valence-electron chi connectivity index (χ3n) is 5.35. The average Bonchev–Trinajstić information content (AvgIpc) is 3.12. The molecule has 7 heteroatoms. The summed E-state index contributed by atoms with van der Waals surface area (Å²) in [5.41, 5.74) is 1.80. The Morgan fingerprint density at radius 1 is 1.00 bits per heavy atom. The Morgan fingerprint density at radius 2 is 1.61 bits per heavy atom. The number of carbonyl (C=O) groups excluding carboxylic acids is 4. The van der Waals surface area contributed by atoms with Gasteiger partial charge in [0.25, 0.3) is 5.91 Å². The van der Waals surface area contributed by atoms with Crippen LogP contribution in [0.1, 0.15) is 54.9 Å². The van der Waals surface area contributed by atoms with Crippen LogP contribution in [0.3, 0.4) is 0 Å². The molecule has 1 N–H and O–H groups in total. The first-order valence-corrected chi connectivity index (χ1v) is 10.4. The Kier molecular flexibility index (Phi) is 7.18. The van der Waals surface area contributed by atoms with E-state index < -0.39 is 12.1 Å². The highest BCUT2D eigenvalue weighted by molar-refractivity contribution is 6.19. The fraction of sp³-hybridized carbons (Fsp3) is 0.333. The number of hydrogen-bond donors (Lipinski definition) is 1. The lowest BCUT2D eigenvalue weighted by Gasteiger charge is -2.19. The van der Waals surface area contributed by atoms with Crippen molar-refractivity contribution in [3.05, 3.63) is 65.7 Å². The van der Waals surface area contributed by atoms with E-state index in [1.807, 2.05) is 30.3 Å². The van der Waals surface area contributed by atoms with Crippen molar-refractivity contribution in [1.82, 2.24) is 5.32 Å². The predicted molar refractivity (Wildman–Crippen MR) is 116 cm³/mol. The van der Waals surface area contributed by atoms with E-state index in [2.05, 4.69) is 12.2 Å². The largest absolute Gasteiger partial charge is 0.449 e. The minimum Gasteiger partial charge on any atom is -0.449 e. The van der Waals surface area contributed by atoms with Gasteiger partial charge in [-0.2, -0.15) is 0 Å². The fourth-order valence-corrected chi connectivity index (χ4v) is 3.48. The molecule has 7 nitrogen and oxygen atoms in total. The molecule has 3 amide bonds. The molecule has 1 aliphatic heterocycles. The van der Waals surface area contributed by atoms with Gasteiger partial charge in [0.05, 0.1) is 11.3 Å². The van der Waals surface area contributed by atoms with Crippen molar-refractivity contribution in [3.8, 4) is 0 Å². The molecule has 1 heterocycles. The number of benzene rings is 2. The number of carbonyl (C=O) groups is 4. The third-order valence-corrected chi connectivity index (χ3v) is 5.35. The molecular weight excluding hydrogens is 396 g/mol. The van der Waals surface area contributed by atoms with E-state index in [9.17, 15) is 19.2 Å². The van der Waals surface area contributed by atoms with Crippen molar-refractivity contribution in [2.24, 2.45) is 0 Å². The summed E-state index contributed by atoms with van der Waals surface area (Å²) in [7, 11) is 0. The van der Waals surface area contributed by atoms with Gasteiger partial charge < -0.3 is 10.1 Å². The van der Waals surface area contributed by atoms with Crippen LogP contribution in [0.15, 0.2) is 54.6 Å². The van der Waals surface area contributed by atoms with Crippen molar-refractivity contribution in [1.29, 1.82) is 0 Å². The van der Waals surface area contributed by atoms with Gasteiger partial charge in [0.15, 0.2) is 6.10 Å². The lowest BCUT2D eigenvalue weighted by Crippen LogP contribution is -2.38. The number of rotatable bonds is 8. The van der Waals surface area contributed by atoms with Gasteiger partial charge in [0.2, 0.25) is 11.8 Å². The highest BCUT2D eigenvalue weighted by Crippen LogP contribution is 2.23. The topological polar surface area (TPSA) is 92.8 Å². The van der Waals surface area contributed by atoms with E-state index in [1.54, 1.807) is 0 Å². The predicted octanol–water partition coefficient (Wildman–Crippen LogP) is 3.20. The Bertz CT molecular complexity index is 940. The van der Waals surface area contributed by atoms with Gasteiger partial charge >= 0.3 is 5.97 Å². The number of nitrogens with zero attached hydrogens (tertiary/aromatic N) is 1. The lowest BCUT2D eigenvalue weighted by atomic mass is 9.96. The quantitative estimate of drug-likeness (QED) is 0.521. The van der Waals surface area contributed by atoms with Crippen LogP contribution in [0.25, 0.3) is 0 Å². The van der Waals surface area contributed by atoms with Gasteiger partial charge in [-0.05, 0) is 43.2 Å². The van der Waals surface area contributed by atoms with Crippen molar-refractivity contribution in [2.75, 3.05) is 11.4 Å². The Hall–Kier alpha value is -3.48. The van der Waals surface area contributed by atoms with Gasteiger partial charge in [-0.1, -0.05) is 37.3 Å². The van der Waals surface area contributed by atoms with Crippen LogP contribution < -0.4 is 10.2 Å². The highest BCUT2D eigenvalue weighted by atomic mass is 16.5.